The Bertz CT molecular complexity index is 716. The molecule has 1 atom stereocenters. The number of carbonyl (C=O) groups excluding carboxylic acids is 2. The smallest absolute Gasteiger partial charge is 0.258 e. The molecule has 0 spiro atoms. The number of piperidine rings is 2. The number of nitrogens with zero attached hydrogens (tertiary/aromatic N) is 2. The summed E-state index contributed by atoms with van der Waals surface area (Å²) in [4.78, 5) is 29.5. The number of hydrogen-bond acceptors (Lipinski definition) is 4. The van der Waals surface area contributed by atoms with E-state index >= 15 is 0 Å². The van der Waals surface area contributed by atoms with E-state index in [0.29, 0.717) is 30.7 Å². The summed E-state index contributed by atoms with van der Waals surface area (Å²) < 4.78 is 0. The molecule has 0 aromatic heterocycles. The third-order valence-electron chi connectivity index (χ3n) is 6.84. The number of hydrogen-bond donors (Lipinski definition) is 2. The molecule has 0 bridgehead atoms. The molecular formula is C23H33N3O3. The summed E-state index contributed by atoms with van der Waals surface area (Å²) in [5.41, 5.74) is -0.847. The van der Waals surface area contributed by atoms with Gasteiger partial charge in [-0.15, -0.1) is 0 Å². The zero-order valence-corrected chi connectivity index (χ0v) is 17.3. The molecule has 1 aliphatic carbocycles. The fraction of sp³-hybridized carbons (Fsp3) is 0.652. The quantitative estimate of drug-likeness (QED) is 0.793. The molecule has 1 saturated carbocycles. The van der Waals surface area contributed by atoms with Crippen molar-refractivity contribution < 1.29 is 14.7 Å². The fourth-order valence-corrected chi connectivity index (χ4v) is 4.70. The first-order valence-electron chi connectivity index (χ1n) is 11.1. The lowest BCUT2D eigenvalue weighted by atomic mass is 9.91. The van der Waals surface area contributed by atoms with Crippen LogP contribution in [0.3, 0.4) is 0 Å². The fourth-order valence-electron chi connectivity index (χ4n) is 4.70. The average Bonchev–Trinajstić information content (AvgIpc) is 3.58. The highest BCUT2D eigenvalue weighted by Crippen LogP contribution is 2.28. The third kappa shape index (κ3) is 4.64. The minimum Gasteiger partial charge on any atom is -0.376 e. The van der Waals surface area contributed by atoms with Crippen molar-refractivity contribution in [1.82, 2.24) is 15.1 Å². The summed E-state index contributed by atoms with van der Waals surface area (Å²) in [6, 6.07) is 10.1. The van der Waals surface area contributed by atoms with Crippen molar-refractivity contribution in [3.63, 3.8) is 0 Å². The third-order valence-corrected chi connectivity index (χ3v) is 6.84. The van der Waals surface area contributed by atoms with E-state index in [9.17, 15) is 14.7 Å². The molecule has 2 saturated heterocycles. The van der Waals surface area contributed by atoms with Gasteiger partial charge < -0.3 is 20.2 Å². The zero-order chi connectivity index (χ0) is 20.4. The van der Waals surface area contributed by atoms with E-state index in [1.807, 2.05) is 18.2 Å². The number of aliphatic hydroxyl groups is 1. The monoisotopic (exact) mass is 399 g/mol. The summed E-state index contributed by atoms with van der Waals surface area (Å²) in [5.74, 6) is 0.197. The van der Waals surface area contributed by atoms with Crippen LogP contribution in [-0.4, -0.2) is 65.0 Å². The molecule has 4 rings (SSSR count). The van der Waals surface area contributed by atoms with Gasteiger partial charge in [0.25, 0.3) is 5.91 Å². The lowest BCUT2D eigenvalue weighted by Gasteiger charge is -2.42. The van der Waals surface area contributed by atoms with Gasteiger partial charge >= 0.3 is 0 Å². The van der Waals surface area contributed by atoms with Crippen LogP contribution in [0.5, 0.6) is 0 Å². The van der Waals surface area contributed by atoms with Crippen LogP contribution in [-0.2, 0) is 15.2 Å². The van der Waals surface area contributed by atoms with Crippen LogP contribution in [0.25, 0.3) is 0 Å². The Morgan fingerprint density at radius 2 is 1.59 bits per heavy atom. The summed E-state index contributed by atoms with van der Waals surface area (Å²) in [6.45, 7) is 4.86. The van der Waals surface area contributed by atoms with E-state index in [1.54, 1.807) is 24.0 Å². The molecule has 0 radical (unpaired) electrons. The molecule has 29 heavy (non-hydrogen) atoms. The van der Waals surface area contributed by atoms with Crippen LogP contribution in [0, 0.1) is 5.92 Å². The normalized spacial score (nSPS) is 24.1. The molecule has 158 valence electrons. The van der Waals surface area contributed by atoms with Crippen molar-refractivity contribution in [3.8, 4) is 0 Å². The molecule has 2 aliphatic heterocycles. The molecule has 0 unspecified atom stereocenters. The van der Waals surface area contributed by atoms with E-state index < -0.39 is 5.60 Å². The Kier molecular flexibility index (Phi) is 5.93. The Morgan fingerprint density at radius 3 is 2.17 bits per heavy atom. The summed E-state index contributed by atoms with van der Waals surface area (Å²) in [5, 5.41) is 14.0. The van der Waals surface area contributed by atoms with E-state index in [-0.39, 0.29) is 17.7 Å². The molecule has 1 aromatic carbocycles. The molecule has 6 heteroatoms. The van der Waals surface area contributed by atoms with Gasteiger partial charge in [0.05, 0.1) is 0 Å². The zero-order valence-electron chi connectivity index (χ0n) is 17.3. The molecule has 2 N–H and O–H groups in total. The molecule has 3 fully saturated rings. The number of nitrogens with one attached hydrogen (secondary N) is 1. The largest absolute Gasteiger partial charge is 0.376 e. The second kappa shape index (κ2) is 8.44. The molecular weight excluding hydrogens is 366 g/mol. The Hall–Kier alpha value is -1.92. The highest BCUT2D eigenvalue weighted by molar-refractivity contribution is 5.86. The first-order chi connectivity index (χ1) is 13.9. The lowest BCUT2D eigenvalue weighted by Crippen LogP contribution is -2.53. The van der Waals surface area contributed by atoms with Crippen molar-refractivity contribution in [2.75, 3.05) is 26.2 Å². The summed E-state index contributed by atoms with van der Waals surface area (Å²) >= 11 is 0. The molecule has 2 amide bonds. The van der Waals surface area contributed by atoms with E-state index in [1.165, 1.54) is 0 Å². The van der Waals surface area contributed by atoms with Gasteiger partial charge in [0.2, 0.25) is 5.91 Å². The van der Waals surface area contributed by atoms with Crippen molar-refractivity contribution in [2.45, 2.75) is 63.1 Å². The van der Waals surface area contributed by atoms with E-state index in [4.69, 9.17) is 0 Å². The lowest BCUT2D eigenvalue weighted by molar-refractivity contribution is -0.152. The number of amides is 2. The SMILES string of the molecule is C[C@](O)(C(=O)N1CCC(N2CCC(C(=O)NC3CC3)CC2)CC1)c1ccccc1. The highest BCUT2D eigenvalue weighted by atomic mass is 16.3. The van der Waals surface area contributed by atoms with Crippen molar-refractivity contribution in [1.29, 1.82) is 0 Å². The first-order valence-corrected chi connectivity index (χ1v) is 11.1. The maximum Gasteiger partial charge on any atom is 0.258 e. The predicted molar refractivity (Wildman–Crippen MR) is 111 cm³/mol. The van der Waals surface area contributed by atoms with Gasteiger partial charge in [-0.2, -0.15) is 0 Å². The minimum atomic E-state index is -1.48. The van der Waals surface area contributed by atoms with E-state index in [2.05, 4.69) is 10.2 Å². The standard InChI is InChI=1S/C23H33N3O3/c1-23(29,18-5-3-2-4-6-18)22(28)26-15-11-20(12-16-26)25-13-9-17(10-14-25)21(27)24-19-7-8-19/h2-6,17,19-20,29H,7-16H2,1H3,(H,24,27)/t23-/m1/s1. The van der Waals surface area contributed by atoms with Crippen LogP contribution in [0.2, 0.25) is 0 Å². The van der Waals surface area contributed by atoms with Crippen LogP contribution in [0.15, 0.2) is 30.3 Å². The first kappa shape index (κ1) is 20.4. The summed E-state index contributed by atoms with van der Waals surface area (Å²) in [7, 11) is 0. The molecule has 1 aromatic rings. The average molecular weight is 400 g/mol. The maximum absolute atomic E-state index is 12.9. The van der Waals surface area contributed by atoms with Gasteiger partial charge in [0.1, 0.15) is 0 Å². The molecule has 6 nitrogen and oxygen atoms in total. The van der Waals surface area contributed by atoms with Crippen molar-refractivity contribution in [3.05, 3.63) is 35.9 Å². The van der Waals surface area contributed by atoms with Gasteiger partial charge in [-0.3, -0.25) is 9.59 Å². The molecule has 3 aliphatic rings. The number of rotatable bonds is 5. The topological polar surface area (TPSA) is 72.9 Å². The van der Waals surface area contributed by atoms with Crippen LogP contribution >= 0.6 is 0 Å². The van der Waals surface area contributed by atoms with Crippen LogP contribution < -0.4 is 5.32 Å². The Morgan fingerprint density at radius 1 is 0.966 bits per heavy atom. The number of carbonyl (C=O) groups is 2. The van der Waals surface area contributed by atoms with Crippen molar-refractivity contribution in [2.24, 2.45) is 5.92 Å². The Labute approximate surface area is 173 Å². The molecule has 2 heterocycles. The van der Waals surface area contributed by atoms with Gasteiger partial charge in [-0.25, -0.2) is 0 Å². The number of likely N-dealkylation sites (tertiary alicyclic amines) is 2. The minimum absolute atomic E-state index is 0.162. The Balaban J connectivity index is 1.25. The van der Waals surface area contributed by atoms with Gasteiger partial charge in [-0.05, 0) is 64.1 Å². The second-order valence-corrected chi connectivity index (χ2v) is 9.05. The second-order valence-electron chi connectivity index (χ2n) is 9.05. The van der Waals surface area contributed by atoms with Crippen LogP contribution in [0.4, 0.5) is 0 Å². The summed E-state index contributed by atoms with van der Waals surface area (Å²) in [6.07, 6.45) is 5.99. The predicted octanol–water partition coefficient (Wildman–Crippen LogP) is 1.88. The van der Waals surface area contributed by atoms with Gasteiger partial charge in [0, 0.05) is 31.1 Å². The van der Waals surface area contributed by atoms with Crippen molar-refractivity contribution >= 4 is 11.8 Å². The maximum atomic E-state index is 12.9. The van der Waals surface area contributed by atoms with Gasteiger partial charge in [-0.1, -0.05) is 30.3 Å². The van der Waals surface area contributed by atoms with Crippen LogP contribution in [0.1, 0.15) is 51.0 Å². The number of benzene rings is 1. The highest BCUT2D eigenvalue weighted by Gasteiger charge is 2.39. The van der Waals surface area contributed by atoms with Gasteiger partial charge in [0.15, 0.2) is 5.60 Å². The van der Waals surface area contributed by atoms with E-state index in [0.717, 1.165) is 51.6 Å².